The molecular weight excluding hydrogens is 327 g/mol. The van der Waals surface area contributed by atoms with E-state index in [1.165, 1.54) is 0 Å². The van der Waals surface area contributed by atoms with E-state index >= 15 is 0 Å². The Labute approximate surface area is 137 Å². The third-order valence-corrected chi connectivity index (χ3v) is 3.95. The highest BCUT2D eigenvalue weighted by Gasteiger charge is 2.39. The van der Waals surface area contributed by atoms with Crippen LogP contribution in [0.3, 0.4) is 0 Å². The Kier molecular flexibility index (Phi) is 5.82. The Balaban J connectivity index is 2.41. The first-order chi connectivity index (χ1) is 11.4. The number of aliphatic hydroxyl groups is 1. The molecule has 1 aliphatic heterocycles. The number of benzene rings is 1. The molecule has 0 aliphatic carbocycles. The lowest BCUT2D eigenvalue weighted by molar-refractivity contribution is -0.160. The summed E-state index contributed by atoms with van der Waals surface area (Å²) in [7, 11) is 0. The molecule has 5 nitrogen and oxygen atoms in total. The predicted molar refractivity (Wildman–Crippen MR) is 77.3 cm³/mol. The van der Waals surface area contributed by atoms with E-state index in [0.717, 1.165) is 4.90 Å². The highest BCUT2D eigenvalue weighted by atomic mass is 19.2. The van der Waals surface area contributed by atoms with E-state index in [1.54, 1.807) is 6.92 Å². The zero-order valence-corrected chi connectivity index (χ0v) is 13.1. The lowest BCUT2D eigenvalue weighted by Crippen LogP contribution is -2.51. The molecule has 1 aliphatic rings. The van der Waals surface area contributed by atoms with Crippen LogP contribution < -0.4 is 0 Å². The van der Waals surface area contributed by atoms with Gasteiger partial charge in [0.15, 0.2) is 17.5 Å². The number of esters is 1. The zero-order chi connectivity index (χ0) is 17.9. The number of hydrogen-bond acceptors (Lipinski definition) is 4. The van der Waals surface area contributed by atoms with Gasteiger partial charge in [-0.15, -0.1) is 0 Å². The Bertz CT molecular complexity index is 615. The SMILES string of the molecule is CCOC(=O)C1CCCC(=O)N1C(CO)c1cc(F)c(F)c(F)c1. The minimum absolute atomic E-state index is 0.112. The summed E-state index contributed by atoms with van der Waals surface area (Å²) in [5.74, 6) is -5.58. The van der Waals surface area contributed by atoms with Gasteiger partial charge in [0, 0.05) is 6.42 Å². The number of rotatable bonds is 5. The normalized spacial score (nSPS) is 19.3. The number of hydrogen-bond donors (Lipinski definition) is 1. The molecule has 0 aromatic heterocycles. The van der Waals surface area contributed by atoms with Gasteiger partial charge in [-0.05, 0) is 37.5 Å². The van der Waals surface area contributed by atoms with E-state index < -0.39 is 48.0 Å². The van der Waals surface area contributed by atoms with Crippen molar-refractivity contribution < 1.29 is 32.6 Å². The molecule has 2 rings (SSSR count). The van der Waals surface area contributed by atoms with Crippen molar-refractivity contribution in [3.05, 3.63) is 35.1 Å². The monoisotopic (exact) mass is 345 g/mol. The van der Waals surface area contributed by atoms with Crippen LogP contribution in [0.4, 0.5) is 13.2 Å². The number of carbonyl (C=O) groups is 2. The standard InChI is InChI=1S/C16H18F3NO4/c1-2-24-16(23)12-4-3-5-14(22)20(12)13(8-21)9-6-10(17)15(19)11(18)7-9/h6-7,12-13,21H,2-5,8H2,1H3. The summed E-state index contributed by atoms with van der Waals surface area (Å²) in [6.07, 6.45) is 0.912. The number of aliphatic hydroxyl groups excluding tert-OH is 1. The van der Waals surface area contributed by atoms with Crippen molar-refractivity contribution >= 4 is 11.9 Å². The van der Waals surface area contributed by atoms with Crippen LogP contribution in [0.25, 0.3) is 0 Å². The van der Waals surface area contributed by atoms with Gasteiger partial charge in [-0.25, -0.2) is 18.0 Å². The summed E-state index contributed by atoms with van der Waals surface area (Å²) in [6, 6.07) is -0.705. The molecule has 24 heavy (non-hydrogen) atoms. The fraction of sp³-hybridized carbons (Fsp3) is 0.500. The molecule has 1 heterocycles. The lowest BCUT2D eigenvalue weighted by Gasteiger charge is -2.39. The molecule has 0 bridgehead atoms. The van der Waals surface area contributed by atoms with Crippen LogP contribution in [-0.2, 0) is 14.3 Å². The maximum absolute atomic E-state index is 13.5. The van der Waals surface area contributed by atoms with Crippen molar-refractivity contribution in [1.82, 2.24) is 4.90 Å². The number of likely N-dealkylation sites (tertiary alicyclic amines) is 1. The molecule has 1 saturated heterocycles. The third-order valence-electron chi connectivity index (χ3n) is 3.95. The molecule has 1 aromatic carbocycles. The molecule has 0 radical (unpaired) electrons. The first-order valence-electron chi connectivity index (χ1n) is 7.63. The first-order valence-corrected chi connectivity index (χ1v) is 7.63. The summed E-state index contributed by atoms with van der Waals surface area (Å²) in [6.45, 7) is 1.05. The van der Waals surface area contributed by atoms with Crippen LogP contribution in [0.1, 0.15) is 37.8 Å². The van der Waals surface area contributed by atoms with E-state index in [-0.39, 0.29) is 18.6 Å². The van der Waals surface area contributed by atoms with Gasteiger partial charge < -0.3 is 14.7 Å². The Morgan fingerprint density at radius 2 is 2.00 bits per heavy atom. The first kappa shape index (κ1) is 18.3. The molecule has 0 saturated carbocycles. The second kappa shape index (κ2) is 7.65. The summed E-state index contributed by atoms with van der Waals surface area (Å²) in [5.41, 5.74) is -0.126. The van der Waals surface area contributed by atoms with Gasteiger partial charge in [-0.1, -0.05) is 0 Å². The van der Waals surface area contributed by atoms with Crippen molar-refractivity contribution in [3.8, 4) is 0 Å². The number of amides is 1. The van der Waals surface area contributed by atoms with E-state index in [1.807, 2.05) is 0 Å². The number of carbonyl (C=O) groups excluding carboxylic acids is 2. The van der Waals surface area contributed by atoms with E-state index in [0.29, 0.717) is 25.0 Å². The third kappa shape index (κ3) is 3.53. The van der Waals surface area contributed by atoms with Crippen LogP contribution in [0, 0.1) is 17.5 Å². The molecule has 1 N–H and O–H groups in total. The molecule has 0 spiro atoms. The van der Waals surface area contributed by atoms with Gasteiger partial charge >= 0.3 is 5.97 Å². The number of nitrogens with zero attached hydrogens (tertiary/aromatic N) is 1. The number of halogens is 3. The second-order valence-corrected chi connectivity index (χ2v) is 5.46. The summed E-state index contributed by atoms with van der Waals surface area (Å²) in [4.78, 5) is 25.4. The molecule has 1 fully saturated rings. The molecule has 132 valence electrons. The molecule has 8 heteroatoms. The average Bonchev–Trinajstić information content (AvgIpc) is 2.54. The van der Waals surface area contributed by atoms with Crippen LogP contribution in [0.5, 0.6) is 0 Å². The van der Waals surface area contributed by atoms with Crippen molar-refractivity contribution in [1.29, 1.82) is 0 Å². The summed E-state index contributed by atoms with van der Waals surface area (Å²) >= 11 is 0. The largest absolute Gasteiger partial charge is 0.464 e. The van der Waals surface area contributed by atoms with E-state index in [2.05, 4.69) is 0 Å². The lowest BCUT2D eigenvalue weighted by atomic mass is 9.95. The fourth-order valence-electron chi connectivity index (χ4n) is 2.87. The van der Waals surface area contributed by atoms with Gasteiger partial charge in [-0.3, -0.25) is 4.79 Å². The smallest absolute Gasteiger partial charge is 0.328 e. The maximum Gasteiger partial charge on any atom is 0.328 e. The molecule has 2 unspecified atom stereocenters. The number of ether oxygens (including phenoxy) is 1. The second-order valence-electron chi connectivity index (χ2n) is 5.46. The van der Waals surface area contributed by atoms with E-state index in [9.17, 15) is 27.9 Å². The van der Waals surface area contributed by atoms with Crippen molar-refractivity contribution in [3.63, 3.8) is 0 Å². The van der Waals surface area contributed by atoms with Gasteiger partial charge in [0.2, 0.25) is 5.91 Å². The average molecular weight is 345 g/mol. The Morgan fingerprint density at radius 1 is 1.38 bits per heavy atom. The minimum Gasteiger partial charge on any atom is -0.464 e. The van der Waals surface area contributed by atoms with Gasteiger partial charge in [0.1, 0.15) is 6.04 Å². The predicted octanol–water partition coefficient (Wildman–Crippen LogP) is 2.08. The maximum atomic E-state index is 13.5. The van der Waals surface area contributed by atoms with E-state index in [4.69, 9.17) is 4.74 Å². The minimum atomic E-state index is -1.64. The molecule has 1 aromatic rings. The molecular formula is C16H18F3NO4. The summed E-state index contributed by atoms with van der Waals surface area (Å²) in [5, 5.41) is 9.65. The van der Waals surface area contributed by atoms with Crippen molar-refractivity contribution in [2.75, 3.05) is 13.2 Å². The highest BCUT2D eigenvalue weighted by molar-refractivity contribution is 5.86. The van der Waals surface area contributed by atoms with Crippen molar-refractivity contribution in [2.45, 2.75) is 38.3 Å². The summed E-state index contributed by atoms with van der Waals surface area (Å²) < 4.78 is 45.0. The Morgan fingerprint density at radius 3 is 2.54 bits per heavy atom. The van der Waals surface area contributed by atoms with Crippen LogP contribution >= 0.6 is 0 Å². The van der Waals surface area contributed by atoms with Crippen molar-refractivity contribution in [2.24, 2.45) is 0 Å². The fourth-order valence-corrected chi connectivity index (χ4v) is 2.87. The zero-order valence-electron chi connectivity index (χ0n) is 13.1. The number of piperidine rings is 1. The topological polar surface area (TPSA) is 66.8 Å². The highest BCUT2D eigenvalue weighted by Crippen LogP contribution is 2.31. The van der Waals surface area contributed by atoms with Gasteiger partial charge in [0.05, 0.1) is 19.3 Å². The van der Waals surface area contributed by atoms with Crippen LogP contribution in [0.15, 0.2) is 12.1 Å². The van der Waals surface area contributed by atoms with Crippen LogP contribution in [0.2, 0.25) is 0 Å². The van der Waals surface area contributed by atoms with Gasteiger partial charge in [0.25, 0.3) is 0 Å². The Hall–Kier alpha value is -2.09. The molecule has 1 amide bonds. The quantitative estimate of drug-likeness (QED) is 0.655. The van der Waals surface area contributed by atoms with Crippen LogP contribution in [-0.4, -0.2) is 41.1 Å². The van der Waals surface area contributed by atoms with Gasteiger partial charge in [-0.2, -0.15) is 0 Å². The molecule has 2 atom stereocenters.